The van der Waals surface area contributed by atoms with E-state index < -0.39 is 0 Å². The van der Waals surface area contributed by atoms with Gasteiger partial charge in [-0.25, -0.2) is 4.79 Å². The van der Waals surface area contributed by atoms with Gasteiger partial charge in [0.1, 0.15) is 5.82 Å². The maximum absolute atomic E-state index is 12.6. The summed E-state index contributed by atoms with van der Waals surface area (Å²) < 4.78 is 7.22. The summed E-state index contributed by atoms with van der Waals surface area (Å²) >= 11 is 0. The number of carbonyl (C=O) groups excluding carboxylic acids is 1. The van der Waals surface area contributed by atoms with Gasteiger partial charge in [-0.05, 0) is 25.0 Å². The van der Waals surface area contributed by atoms with Gasteiger partial charge < -0.3 is 19.9 Å². The van der Waals surface area contributed by atoms with E-state index in [-0.39, 0.29) is 12.1 Å². The highest BCUT2D eigenvalue weighted by Gasteiger charge is 2.42. The van der Waals surface area contributed by atoms with Crippen molar-refractivity contribution in [1.82, 2.24) is 30.0 Å². The van der Waals surface area contributed by atoms with Crippen LogP contribution in [0.5, 0.6) is 0 Å². The van der Waals surface area contributed by atoms with Gasteiger partial charge in [-0.1, -0.05) is 6.92 Å². The van der Waals surface area contributed by atoms with Gasteiger partial charge in [-0.3, -0.25) is 0 Å². The number of nitrogens with zero attached hydrogens (tertiary/aromatic N) is 6. The third-order valence-corrected chi connectivity index (χ3v) is 6.28. The predicted molar refractivity (Wildman–Crippen MR) is 103 cm³/mol. The fourth-order valence-electron chi connectivity index (χ4n) is 4.67. The largest absolute Gasteiger partial charge is 0.381 e. The first-order chi connectivity index (χ1) is 13.7. The first-order valence-electron chi connectivity index (χ1n) is 10.3. The highest BCUT2D eigenvalue weighted by atomic mass is 16.5. The second-order valence-electron chi connectivity index (χ2n) is 8.10. The minimum Gasteiger partial charge on any atom is -0.381 e. The Hall–Kier alpha value is -2.42. The van der Waals surface area contributed by atoms with Gasteiger partial charge in [0, 0.05) is 63.7 Å². The van der Waals surface area contributed by atoms with Crippen molar-refractivity contribution in [2.75, 3.05) is 44.3 Å². The molecule has 28 heavy (non-hydrogen) atoms. The number of aromatic nitrogens is 4. The summed E-state index contributed by atoms with van der Waals surface area (Å²) in [5.74, 6) is 2.86. The van der Waals surface area contributed by atoms with E-state index in [0.29, 0.717) is 11.8 Å². The zero-order valence-corrected chi connectivity index (χ0v) is 16.3. The summed E-state index contributed by atoms with van der Waals surface area (Å²) in [4.78, 5) is 16.9. The second kappa shape index (κ2) is 7.20. The van der Waals surface area contributed by atoms with Gasteiger partial charge in [0.2, 0.25) is 0 Å². The van der Waals surface area contributed by atoms with Crippen LogP contribution in [0.1, 0.15) is 25.6 Å². The van der Waals surface area contributed by atoms with Crippen LogP contribution in [0.4, 0.5) is 10.6 Å². The lowest BCUT2D eigenvalue weighted by Gasteiger charge is -2.27. The van der Waals surface area contributed by atoms with E-state index in [1.165, 1.54) is 0 Å². The molecule has 5 rings (SSSR count). The van der Waals surface area contributed by atoms with Gasteiger partial charge in [0.25, 0.3) is 0 Å². The standard InChI is InChI=1S/C19H27N7O2/c1-2-16-21-22-17-3-4-18(23-26(16)17)24-9-13-11-25(12-14(13)10-24)19(27)20-15-5-7-28-8-6-15/h3-4,13-15H,2,5-12H2,1H3,(H,20,27). The Morgan fingerprint density at radius 2 is 1.89 bits per heavy atom. The van der Waals surface area contributed by atoms with Crippen LogP contribution in [0.2, 0.25) is 0 Å². The fraction of sp³-hybridized carbons (Fsp3) is 0.684. The number of likely N-dealkylation sites (tertiary alicyclic amines) is 1. The molecular weight excluding hydrogens is 358 g/mol. The zero-order chi connectivity index (χ0) is 19.1. The van der Waals surface area contributed by atoms with Gasteiger partial charge >= 0.3 is 6.03 Å². The van der Waals surface area contributed by atoms with Crippen LogP contribution < -0.4 is 10.2 Å². The molecule has 2 amide bonds. The van der Waals surface area contributed by atoms with Crippen LogP contribution in [0.3, 0.4) is 0 Å². The topological polar surface area (TPSA) is 87.9 Å². The summed E-state index contributed by atoms with van der Waals surface area (Å²) in [6.07, 6.45) is 2.63. The number of rotatable bonds is 3. The molecule has 3 fully saturated rings. The Bertz CT molecular complexity index is 849. The summed E-state index contributed by atoms with van der Waals surface area (Å²) in [5, 5.41) is 16.3. The van der Waals surface area contributed by atoms with E-state index >= 15 is 0 Å². The average molecular weight is 385 g/mol. The van der Waals surface area contributed by atoms with Crippen LogP contribution in [0.15, 0.2) is 12.1 Å². The van der Waals surface area contributed by atoms with Crippen molar-refractivity contribution in [2.24, 2.45) is 11.8 Å². The Morgan fingerprint density at radius 3 is 2.61 bits per heavy atom. The Kier molecular flexibility index (Phi) is 4.54. The third-order valence-electron chi connectivity index (χ3n) is 6.28. The lowest BCUT2D eigenvalue weighted by molar-refractivity contribution is 0.0784. The molecule has 0 aromatic carbocycles. The highest BCUT2D eigenvalue weighted by molar-refractivity contribution is 5.75. The Labute approximate surface area is 164 Å². The minimum absolute atomic E-state index is 0.0875. The van der Waals surface area contributed by atoms with Crippen molar-refractivity contribution >= 4 is 17.5 Å². The predicted octanol–water partition coefficient (Wildman–Crippen LogP) is 0.943. The number of urea groups is 1. The molecule has 2 atom stereocenters. The summed E-state index contributed by atoms with van der Waals surface area (Å²) in [6, 6.07) is 4.35. The van der Waals surface area contributed by atoms with Crippen molar-refractivity contribution in [2.45, 2.75) is 32.2 Å². The molecule has 3 aliphatic heterocycles. The molecule has 0 bridgehead atoms. The molecule has 150 valence electrons. The van der Waals surface area contributed by atoms with Crippen molar-refractivity contribution in [3.05, 3.63) is 18.0 Å². The van der Waals surface area contributed by atoms with E-state index in [2.05, 4.69) is 27.3 Å². The van der Waals surface area contributed by atoms with Gasteiger partial charge in [-0.2, -0.15) is 4.52 Å². The van der Waals surface area contributed by atoms with Gasteiger partial charge in [-0.15, -0.1) is 15.3 Å². The second-order valence-corrected chi connectivity index (χ2v) is 8.10. The molecule has 9 nitrogen and oxygen atoms in total. The van der Waals surface area contributed by atoms with E-state index in [1.54, 1.807) is 0 Å². The number of hydrogen-bond donors (Lipinski definition) is 1. The fourth-order valence-corrected chi connectivity index (χ4v) is 4.67. The van der Waals surface area contributed by atoms with E-state index in [4.69, 9.17) is 9.84 Å². The van der Waals surface area contributed by atoms with Crippen LogP contribution in [-0.2, 0) is 11.2 Å². The average Bonchev–Trinajstić information content (AvgIpc) is 3.40. The molecule has 2 unspecified atom stereocenters. The quantitative estimate of drug-likeness (QED) is 0.846. The third kappa shape index (κ3) is 3.17. The van der Waals surface area contributed by atoms with Crippen molar-refractivity contribution in [1.29, 1.82) is 0 Å². The molecule has 2 aromatic rings. The molecule has 2 aromatic heterocycles. The summed E-state index contributed by atoms with van der Waals surface area (Å²) in [7, 11) is 0. The van der Waals surface area contributed by atoms with Crippen molar-refractivity contribution in [3.63, 3.8) is 0 Å². The lowest BCUT2D eigenvalue weighted by Crippen LogP contribution is -2.46. The summed E-state index contributed by atoms with van der Waals surface area (Å²) in [5.41, 5.74) is 0.788. The van der Waals surface area contributed by atoms with Crippen LogP contribution in [-0.4, -0.2) is 76.2 Å². The van der Waals surface area contributed by atoms with E-state index in [0.717, 1.165) is 75.9 Å². The Balaban J connectivity index is 1.21. The monoisotopic (exact) mass is 385 g/mol. The molecule has 5 heterocycles. The number of carbonyl (C=O) groups is 1. The van der Waals surface area contributed by atoms with Crippen LogP contribution in [0.25, 0.3) is 5.65 Å². The molecule has 0 aliphatic carbocycles. The molecule has 1 N–H and O–H groups in total. The number of fused-ring (bicyclic) bond motifs is 2. The number of amides is 2. The summed E-state index contributed by atoms with van der Waals surface area (Å²) in [6.45, 7) is 7.08. The Morgan fingerprint density at radius 1 is 1.14 bits per heavy atom. The molecule has 9 heteroatoms. The minimum atomic E-state index is 0.0875. The van der Waals surface area contributed by atoms with Gasteiger partial charge in [0.05, 0.1) is 0 Å². The van der Waals surface area contributed by atoms with Crippen molar-refractivity contribution < 1.29 is 9.53 Å². The number of hydrogen-bond acceptors (Lipinski definition) is 6. The lowest BCUT2D eigenvalue weighted by atomic mass is 10.0. The van der Waals surface area contributed by atoms with Crippen LogP contribution in [0, 0.1) is 11.8 Å². The highest BCUT2D eigenvalue weighted by Crippen LogP contribution is 2.33. The SMILES string of the molecule is CCc1nnc2ccc(N3CC4CN(C(=O)NC5CCOCC5)CC4C3)nn12. The number of nitrogens with one attached hydrogen (secondary N) is 1. The molecular formula is C19H27N7O2. The molecule has 0 spiro atoms. The molecule has 3 saturated heterocycles. The first kappa shape index (κ1) is 17.7. The van der Waals surface area contributed by atoms with E-state index in [1.807, 2.05) is 21.5 Å². The molecule has 3 aliphatic rings. The normalized spacial score (nSPS) is 25.5. The maximum Gasteiger partial charge on any atom is 0.317 e. The molecule has 0 saturated carbocycles. The number of ether oxygens (including phenoxy) is 1. The van der Waals surface area contributed by atoms with Crippen molar-refractivity contribution in [3.8, 4) is 0 Å². The first-order valence-corrected chi connectivity index (χ1v) is 10.3. The number of aryl methyl sites for hydroxylation is 1. The maximum atomic E-state index is 12.6. The zero-order valence-electron chi connectivity index (χ0n) is 16.3. The van der Waals surface area contributed by atoms with E-state index in [9.17, 15) is 4.79 Å². The number of anilines is 1. The smallest absolute Gasteiger partial charge is 0.317 e. The molecule has 0 radical (unpaired) electrons. The van der Waals surface area contributed by atoms with Crippen LogP contribution >= 0.6 is 0 Å². The van der Waals surface area contributed by atoms with Gasteiger partial charge in [0.15, 0.2) is 11.5 Å².